The zero-order valence-electron chi connectivity index (χ0n) is 11.2. The van der Waals surface area contributed by atoms with Gasteiger partial charge in [-0.1, -0.05) is 30.7 Å². The number of anilines is 1. The number of carbonyl (C=O) groups excluding carboxylic acids is 2. The monoisotopic (exact) mass is 317 g/mol. The van der Waals surface area contributed by atoms with Gasteiger partial charge in [0.25, 0.3) is 0 Å². The molecule has 1 N–H and O–H groups in total. The standard InChI is InChI=1S/C13H16ClNO4S/c1-9(7-13(17)19-2)20(18)8-12(16)15-11-6-4-3-5-10(11)14/h3-6,9H,7-8H2,1-2H3,(H,15,16). The van der Waals surface area contributed by atoms with E-state index in [1.54, 1.807) is 31.2 Å². The summed E-state index contributed by atoms with van der Waals surface area (Å²) in [5, 5.41) is 2.55. The zero-order valence-corrected chi connectivity index (χ0v) is 12.8. The Hall–Kier alpha value is -1.40. The lowest BCUT2D eigenvalue weighted by molar-refractivity contribution is -0.140. The third kappa shape index (κ3) is 5.30. The van der Waals surface area contributed by atoms with E-state index in [4.69, 9.17) is 11.6 Å². The molecule has 0 fully saturated rings. The molecular weight excluding hydrogens is 302 g/mol. The van der Waals surface area contributed by atoms with Crippen LogP contribution in [0.25, 0.3) is 0 Å². The Bertz CT molecular complexity index is 521. The van der Waals surface area contributed by atoms with E-state index in [1.807, 2.05) is 0 Å². The predicted molar refractivity (Wildman–Crippen MR) is 79.2 cm³/mol. The fourth-order valence-electron chi connectivity index (χ4n) is 1.43. The van der Waals surface area contributed by atoms with Crippen LogP contribution in [0.4, 0.5) is 5.69 Å². The number of hydrogen-bond acceptors (Lipinski definition) is 4. The highest BCUT2D eigenvalue weighted by Gasteiger charge is 2.19. The van der Waals surface area contributed by atoms with Crippen molar-refractivity contribution in [2.24, 2.45) is 0 Å². The number of hydrogen-bond donors (Lipinski definition) is 1. The number of nitrogens with one attached hydrogen (secondary N) is 1. The van der Waals surface area contributed by atoms with Gasteiger partial charge in [0.1, 0.15) is 5.75 Å². The third-order valence-corrected chi connectivity index (χ3v) is 4.49. The summed E-state index contributed by atoms with van der Waals surface area (Å²) < 4.78 is 16.4. The van der Waals surface area contributed by atoms with Crippen molar-refractivity contribution in [3.63, 3.8) is 0 Å². The zero-order chi connectivity index (χ0) is 15.1. The van der Waals surface area contributed by atoms with Gasteiger partial charge < -0.3 is 10.1 Å². The Kier molecular flexibility index (Phi) is 6.67. The van der Waals surface area contributed by atoms with Crippen LogP contribution in [0, 0.1) is 0 Å². The molecule has 0 saturated heterocycles. The topological polar surface area (TPSA) is 72.5 Å². The minimum absolute atomic E-state index is 0.0164. The number of para-hydroxylation sites is 1. The molecule has 1 aromatic carbocycles. The van der Waals surface area contributed by atoms with Gasteiger partial charge in [-0.3, -0.25) is 13.8 Å². The lowest BCUT2D eigenvalue weighted by Crippen LogP contribution is -2.26. The number of ether oxygens (including phenoxy) is 1. The van der Waals surface area contributed by atoms with Crippen LogP contribution in [0.5, 0.6) is 0 Å². The molecule has 20 heavy (non-hydrogen) atoms. The maximum absolute atomic E-state index is 11.9. The van der Waals surface area contributed by atoms with E-state index in [9.17, 15) is 13.8 Å². The second-order valence-electron chi connectivity index (χ2n) is 4.14. The average Bonchev–Trinajstić information content (AvgIpc) is 2.41. The Morgan fingerprint density at radius 3 is 2.65 bits per heavy atom. The summed E-state index contributed by atoms with van der Waals surface area (Å²) in [4.78, 5) is 22.8. The summed E-state index contributed by atoms with van der Waals surface area (Å²) in [5.41, 5.74) is 0.469. The molecule has 1 amide bonds. The number of rotatable bonds is 6. The molecule has 0 aliphatic rings. The number of benzene rings is 1. The highest BCUT2D eigenvalue weighted by atomic mass is 35.5. The van der Waals surface area contributed by atoms with Crippen molar-refractivity contribution >= 4 is 40.0 Å². The van der Waals surface area contributed by atoms with E-state index in [0.29, 0.717) is 10.7 Å². The molecule has 1 rings (SSSR count). The van der Waals surface area contributed by atoms with Gasteiger partial charge in [-0.05, 0) is 12.1 Å². The van der Waals surface area contributed by atoms with Gasteiger partial charge in [0.15, 0.2) is 0 Å². The molecule has 0 bridgehead atoms. The Balaban J connectivity index is 2.52. The van der Waals surface area contributed by atoms with E-state index < -0.39 is 27.9 Å². The molecular formula is C13H16ClNO4S. The van der Waals surface area contributed by atoms with Gasteiger partial charge in [0, 0.05) is 16.0 Å². The first kappa shape index (κ1) is 16.7. The van der Waals surface area contributed by atoms with Gasteiger partial charge in [0.2, 0.25) is 5.91 Å². The molecule has 0 spiro atoms. The molecule has 2 unspecified atom stereocenters. The summed E-state index contributed by atoms with van der Waals surface area (Å²) in [6, 6.07) is 6.78. The van der Waals surface area contributed by atoms with Crippen molar-refractivity contribution in [3.05, 3.63) is 29.3 Å². The molecule has 1 aromatic rings. The van der Waals surface area contributed by atoms with E-state index in [-0.39, 0.29) is 12.2 Å². The molecule has 0 aliphatic carbocycles. The average molecular weight is 318 g/mol. The van der Waals surface area contributed by atoms with Gasteiger partial charge in [-0.15, -0.1) is 0 Å². The predicted octanol–water partition coefficient (Wildman–Crippen LogP) is 1.98. The molecule has 0 aliphatic heterocycles. The normalized spacial score (nSPS) is 13.3. The van der Waals surface area contributed by atoms with Crippen LogP contribution in [0.15, 0.2) is 24.3 Å². The van der Waals surface area contributed by atoms with Crippen molar-refractivity contribution in [2.75, 3.05) is 18.2 Å². The van der Waals surface area contributed by atoms with Gasteiger partial charge >= 0.3 is 5.97 Å². The number of methoxy groups -OCH3 is 1. The first-order chi connectivity index (χ1) is 9.43. The van der Waals surface area contributed by atoms with Crippen molar-refractivity contribution in [1.29, 1.82) is 0 Å². The van der Waals surface area contributed by atoms with Crippen LogP contribution < -0.4 is 5.32 Å². The van der Waals surface area contributed by atoms with Gasteiger partial charge in [-0.25, -0.2) is 0 Å². The molecule has 110 valence electrons. The Labute approximate surface area is 125 Å². The van der Waals surface area contributed by atoms with Crippen molar-refractivity contribution < 1.29 is 18.5 Å². The lowest BCUT2D eigenvalue weighted by Gasteiger charge is -2.11. The summed E-state index contributed by atoms with van der Waals surface area (Å²) in [5.74, 6) is -1.05. The SMILES string of the molecule is COC(=O)CC(C)S(=O)CC(=O)Nc1ccccc1Cl. The summed E-state index contributed by atoms with van der Waals surface area (Å²) in [6.07, 6.45) is 0.0164. The quantitative estimate of drug-likeness (QED) is 0.814. The third-order valence-electron chi connectivity index (χ3n) is 2.55. The maximum Gasteiger partial charge on any atom is 0.306 e. The van der Waals surface area contributed by atoms with Crippen LogP contribution in [0.1, 0.15) is 13.3 Å². The van der Waals surface area contributed by atoms with Crippen molar-refractivity contribution in [2.45, 2.75) is 18.6 Å². The minimum Gasteiger partial charge on any atom is -0.469 e. The van der Waals surface area contributed by atoms with E-state index in [0.717, 1.165) is 0 Å². The Morgan fingerprint density at radius 2 is 2.05 bits per heavy atom. The molecule has 0 heterocycles. The van der Waals surface area contributed by atoms with Crippen LogP contribution in [0.3, 0.4) is 0 Å². The summed E-state index contributed by atoms with van der Waals surface area (Å²) >= 11 is 5.90. The summed E-state index contributed by atoms with van der Waals surface area (Å²) in [7, 11) is -0.187. The fraction of sp³-hybridized carbons (Fsp3) is 0.385. The molecule has 2 atom stereocenters. The second kappa shape index (κ2) is 8.01. The number of carbonyl (C=O) groups is 2. The van der Waals surface area contributed by atoms with E-state index >= 15 is 0 Å². The number of halogens is 1. The lowest BCUT2D eigenvalue weighted by atomic mass is 10.3. The highest BCUT2D eigenvalue weighted by Crippen LogP contribution is 2.20. The molecule has 0 radical (unpaired) electrons. The van der Waals surface area contributed by atoms with Crippen LogP contribution in [0.2, 0.25) is 5.02 Å². The highest BCUT2D eigenvalue weighted by molar-refractivity contribution is 7.86. The van der Waals surface area contributed by atoms with E-state index in [1.165, 1.54) is 7.11 Å². The van der Waals surface area contributed by atoms with E-state index in [2.05, 4.69) is 10.1 Å². The van der Waals surface area contributed by atoms with Crippen LogP contribution in [-0.2, 0) is 25.1 Å². The molecule has 7 heteroatoms. The van der Waals surface area contributed by atoms with Crippen molar-refractivity contribution in [3.8, 4) is 0 Å². The fourth-order valence-corrected chi connectivity index (χ4v) is 2.55. The smallest absolute Gasteiger partial charge is 0.306 e. The van der Waals surface area contributed by atoms with Crippen LogP contribution in [-0.4, -0.2) is 34.2 Å². The van der Waals surface area contributed by atoms with Gasteiger partial charge in [0.05, 0.1) is 24.2 Å². The first-order valence-corrected chi connectivity index (χ1v) is 7.68. The number of amides is 1. The molecule has 0 saturated carbocycles. The second-order valence-corrected chi connectivity index (χ2v) is 6.41. The van der Waals surface area contributed by atoms with Crippen LogP contribution >= 0.6 is 11.6 Å². The first-order valence-electron chi connectivity index (χ1n) is 5.92. The largest absolute Gasteiger partial charge is 0.469 e. The minimum atomic E-state index is -1.45. The molecule has 5 nitrogen and oxygen atoms in total. The molecule has 0 aromatic heterocycles. The van der Waals surface area contributed by atoms with Crippen molar-refractivity contribution in [1.82, 2.24) is 0 Å². The Morgan fingerprint density at radius 1 is 1.40 bits per heavy atom. The number of esters is 1. The maximum atomic E-state index is 11.9. The summed E-state index contributed by atoms with van der Waals surface area (Å²) in [6.45, 7) is 1.63. The van der Waals surface area contributed by atoms with Gasteiger partial charge in [-0.2, -0.15) is 0 Å².